The predicted octanol–water partition coefficient (Wildman–Crippen LogP) is 5.12. The summed E-state index contributed by atoms with van der Waals surface area (Å²) < 4.78 is 44.8. The molecule has 0 saturated heterocycles. The van der Waals surface area contributed by atoms with E-state index >= 15 is 0 Å². The first-order valence-corrected chi connectivity index (χ1v) is 8.19. The minimum atomic E-state index is -1.13. The molecule has 0 unspecified atom stereocenters. The maximum Gasteiger partial charge on any atom is 0.314 e. The van der Waals surface area contributed by atoms with Gasteiger partial charge in [-0.1, -0.05) is 0 Å². The van der Waals surface area contributed by atoms with E-state index in [4.69, 9.17) is 4.74 Å². The second-order valence-electron chi connectivity index (χ2n) is 5.17. The molecule has 2 aromatic carbocycles. The number of rotatable bonds is 5. The van der Waals surface area contributed by atoms with Crippen molar-refractivity contribution in [2.45, 2.75) is 0 Å². The Morgan fingerprint density at radius 3 is 2.52 bits per heavy atom. The van der Waals surface area contributed by atoms with Crippen LogP contribution in [0.4, 0.5) is 24.5 Å². The number of benzene rings is 2. The van der Waals surface area contributed by atoms with Crippen molar-refractivity contribution in [3.8, 4) is 11.5 Å². The van der Waals surface area contributed by atoms with Crippen molar-refractivity contribution in [3.63, 3.8) is 0 Å². The molecule has 6 nitrogen and oxygen atoms in total. The van der Waals surface area contributed by atoms with Gasteiger partial charge in [-0.15, -0.1) is 11.3 Å². The molecule has 0 fully saturated rings. The average Bonchev–Trinajstić information content (AvgIpc) is 3.08. The quantitative estimate of drug-likeness (QED) is 0.481. The molecule has 138 valence electrons. The Morgan fingerprint density at radius 1 is 1.04 bits per heavy atom. The number of nitro benzene ring substituents is 1. The molecule has 0 saturated carbocycles. The minimum absolute atomic E-state index is 0.00482. The molecule has 27 heavy (non-hydrogen) atoms. The topological polar surface area (TPSA) is 81.5 Å². The number of ether oxygens (including phenoxy) is 1. The van der Waals surface area contributed by atoms with Gasteiger partial charge in [0.05, 0.1) is 11.0 Å². The van der Waals surface area contributed by atoms with Crippen molar-refractivity contribution in [2.24, 2.45) is 0 Å². The summed E-state index contributed by atoms with van der Waals surface area (Å²) in [4.78, 5) is 22.6. The number of carbonyl (C=O) groups is 1. The Kier molecular flexibility index (Phi) is 5.08. The van der Waals surface area contributed by atoms with Gasteiger partial charge in [0.1, 0.15) is 10.7 Å². The van der Waals surface area contributed by atoms with Crippen LogP contribution in [0.1, 0.15) is 9.67 Å². The Morgan fingerprint density at radius 2 is 1.81 bits per heavy atom. The zero-order valence-electron chi connectivity index (χ0n) is 13.2. The second-order valence-corrected chi connectivity index (χ2v) is 6.08. The van der Waals surface area contributed by atoms with E-state index in [0.29, 0.717) is 6.07 Å². The van der Waals surface area contributed by atoms with E-state index < -0.39 is 34.0 Å². The third kappa shape index (κ3) is 4.06. The predicted molar refractivity (Wildman–Crippen MR) is 91.8 cm³/mol. The largest absolute Gasteiger partial charge is 0.448 e. The fourth-order valence-electron chi connectivity index (χ4n) is 2.14. The Balaban J connectivity index is 1.85. The van der Waals surface area contributed by atoms with Crippen LogP contribution in [-0.2, 0) is 0 Å². The van der Waals surface area contributed by atoms with Crippen molar-refractivity contribution in [1.82, 2.24) is 0 Å². The van der Waals surface area contributed by atoms with E-state index in [1.165, 1.54) is 17.5 Å². The van der Waals surface area contributed by atoms with Gasteiger partial charge in [-0.2, -0.15) is 0 Å². The lowest BCUT2D eigenvalue weighted by Crippen LogP contribution is -2.11. The highest BCUT2D eigenvalue weighted by Gasteiger charge is 2.21. The number of nitrogens with zero attached hydrogens (tertiary/aromatic N) is 1. The molecular weight excluding hydrogens is 385 g/mol. The highest BCUT2D eigenvalue weighted by Crippen LogP contribution is 2.35. The summed E-state index contributed by atoms with van der Waals surface area (Å²) in [5, 5.41) is 14.9. The zero-order valence-corrected chi connectivity index (χ0v) is 14.1. The monoisotopic (exact) mass is 394 g/mol. The lowest BCUT2D eigenvalue weighted by molar-refractivity contribution is -0.385. The third-order valence-corrected chi connectivity index (χ3v) is 4.24. The summed E-state index contributed by atoms with van der Waals surface area (Å²) in [6.45, 7) is 0. The van der Waals surface area contributed by atoms with E-state index in [2.05, 4.69) is 5.32 Å². The maximum atomic E-state index is 13.2. The van der Waals surface area contributed by atoms with Gasteiger partial charge in [0, 0.05) is 11.8 Å². The lowest BCUT2D eigenvalue weighted by Gasteiger charge is -2.08. The number of nitrogens with one attached hydrogen (secondary N) is 1. The molecule has 1 aromatic heterocycles. The van der Waals surface area contributed by atoms with E-state index in [1.54, 1.807) is 0 Å². The molecule has 0 aliphatic rings. The van der Waals surface area contributed by atoms with Crippen LogP contribution in [0.25, 0.3) is 0 Å². The average molecular weight is 394 g/mol. The van der Waals surface area contributed by atoms with Gasteiger partial charge in [0.25, 0.3) is 5.91 Å². The molecule has 0 aliphatic carbocycles. The van der Waals surface area contributed by atoms with Crippen molar-refractivity contribution < 1.29 is 27.6 Å². The molecule has 0 atom stereocenters. The van der Waals surface area contributed by atoms with E-state index in [0.717, 1.165) is 35.6 Å². The first-order valence-electron chi connectivity index (χ1n) is 7.31. The number of carbonyl (C=O) groups excluding carboxylic acids is 1. The molecule has 3 aromatic rings. The number of hydrogen-bond acceptors (Lipinski definition) is 5. The van der Waals surface area contributed by atoms with Gasteiger partial charge >= 0.3 is 5.69 Å². The van der Waals surface area contributed by atoms with Gasteiger partial charge in [0.15, 0.2) is 17.4 Å². The smallest absolute Gasteiger partial charge is 0.314 e. The maximum absolute atomic E-state index is 13.2. The molecule has 1 amide bonds. The van der Waals surface area contributed by atoms with Crippen LogP contribution in [0.5, 0.6) is 11.5 Å². The number of anilines is 1. The van der Waals surface area contributed by atoms with Gasteiger partial charge in [-0.05, 0) is 35.7 Å². The third-order valence-electron chi connectivity index (χ3n) is 3.35. The summed E-state index contributed by atoms with van der Waals surface area (Å²) in [5.41, 5.74) is -0.584. The van der Waals surface area contributed by atoms with Gasteiger partial charge in [0.2, 0.25) is 5.75 Å². The van der Waals surface area contributed by atoms with Crippen LogP contribution in [0.3, 0.4) is 0 Å². The fraction of sp³-hybridized carbons (Fsp3) is 0. The van der Waals surface area contributed by atoms with Crippen LogP contribution < -0.4 is 10.1 Å². The first-order chi connectivity index (χ1) is 12.8. The van der Waals surface area contributed by atoms with Crippen LogP contribution in [0, 0.1) is 27.6 Å². The molecule has 0 bridgehead atoms. The van der Waals surface area contributed by atoms with E-state index in [-0.39, 0.29) is 22.1 Å². The summed E-state index contributed by atoms with van der Waals surface area (Å²) in [6.07, 6.45) is 0. The number of hydrogen-bond donors (Lipinski definition) is 1. The summed E-state index contributed by atoms with van der Waals surface area (Å²) in [7, 11) is 0. The van der Waals surface area contributed by atoms with Crippen molar-refractivity contribution in [1.29, 1.82) is 0 Å². The lowest BCUT2D eigenvalue weighted by atomic mass is 10.2. The van der Waals surface area contributed by atoms with E-state index in [1.807, 2.05) is 0 Å². The van der Waals surface area contributed by atoms with E-state index in [9.17, 15) is 28.1 Å². The number of thiophene rings is 1. The van der Waals surface area contributed by atoms with Crippen LogP contribution in [0.15, 0.2) is 47.8 Å². The molecule has 3 rings (SSSR count). The first kappa shape index (κ1) is 18.4. The van der Waals surface area contributed by atoms with Gasteiger partial charge in [-0.3, -0.25) is 14.9 Å². The summed E-state index contributed by atoms with van der Waals surface area (Å²) in [6, 6.07) is 7.00. The molecular formula is C17H9F3N2O4S. The molecule has 0 spiro atoms. The van der Waals surface area contributed by atoms with Crippen molar-refractivity contribution >= 4 is 28.6 Å². The minimum Gasteiger partial charge on any atom is -0.448 e. The SMILES string of the molecule is O=C(Nc1ccc(F)c(F)c1)c1sccc1Oc1ccc(F)cc1[N+](=O)[O-]. The second kappa shape index (κ2) is 7.46. The fourth-order valence-corrected chi connectivity index (χ4v) is 2.85. The van der Waals surface area contributed by atoms with Crippen LogP contribution in [0.2, 0.25) is 0 Å². The van der Waals surface area contributed by atoms with Crippen LogP contribution in [-0.4, -0.2) is 10.8 Å². The molecule has 1 N–H and O–H groups in total. The number of nitro groups is 1. The molecule has 1 heterocycles. The normalized spacial score (nSPS) is 10.5. The number of amides is 1. The highest BCUT2D eigenvalue weighted by atomic mass is 32.1. The van der Waals surface area contributed by atoms with Crippen LogP contribution >= 0.6 is 11.3 Å². The number of halogens is 3. The Hall–Kier alpha value is -3.40. The standard InChI is InChI=1S/C17H9F3N2O4S/c18-9-1-4-14(13(7-9)22(24)25)26-15-5-6-27-16(15)17(23)21-10-2-3-11(19)12(20)8-10/h1-8H,(H,21,23). The van der Waals surface area contributed by atoms with Crippen molar-refractivity contribution in [3.05, 3.63) is 80.3 Å². The summed E-state index contributed by atoms with van der Waals surface area (Å²) >= 11 is 0.972. The van der Waals surface area contributed by atoms with Gasteiger partial charge < -0.3 is 10.1 Å². The molecule has 10 heteroatoms. The zero-order chi connectivity index (χ0) is 19.6. The molecule has 0 aliphatic heterocycles. The summed E-state index contributed by atoms with van der Waals surface area (Å²) in [5.74, 6) is -3.93. The molecule has 0 radical (unpaired) electrons. The van der Waals surface area contributed by atoms with Gasteiger partial charge in [-0.25, -0.2) is 13.2 Å². The Bertz CT molecular complexity index is 1040. The Labute approximate surface area is 154 Å². The van der Waals surface area contributed by atoms with Crippen molar-refractivity contribution in [2.75, 3.05) is 5.32 Å². The highest BCUT2D eigenvalue weighted by molar-refractivity contribution is 7.12.